The SMILES string of the molecule is CC(C)C(C)SCc1ccc(C(=O)O)o1. The van der Waals surface area contributed by atoms with E-state index in [1.165, 1.54) is 6.07 Å². The number of hydrogen-bond acceptors (Lipinski definition) is 3. The molecule has 0 aromatic carbocycles. The van der Waals surface area contributed by atoms with Gasteiger partial charge in [-0.3, -0.25) is 0 Å². The third kappa shape index (κ3) is 3.63. The summed E-state index contributed by atoms with van der Waals surface area (Å²) in [5.74, 6) is 1.08. The summed E-state index contributed by atoms with van der Waals surface area (Å²) in [6.07, 6.45) is 0. The van der Waals surface area contributed by atoms with Crippen LogP contribution in [0.1, 0.15) is 37.1 Å². The summed E-state index contributed by atoms with van der Waals surface area (Å²) in [7, 11) is 0. The Morgan fingerprint density at radius 2 is 2.13 bits per heavy atom. The Bertz CT molecular complexity index is 330. The molecule has 1 N–H and O–H groups in total. The summed E-state index contributed by atoms with van der Waals surface area (Å²) in [5.41, 5.74) is 0. The predicted octanol–water partition coefficient (Wildman–Crippen LogP) is 3.26. The molecule has 0 aliphatic rings. The van der Waals surface area contributed by atoms with E-state index in [-0.39, 0.29) is 5.76 Å². The van der Waals surface area contributed by atoms with Crippen LogP contribution in [0.15, 0.2) is 16.5 Å². The summed E-state index contributed by atoms with van der Waals surface area (Å²) >= 11 is 1.78. The fraction of sp³-hybridized carbons (Fsp3) is 0.545. The zero-order valence-electron chi connectivity index (χ0n) is 9.19. The van der Waals surface area contributed by atoms with E-state index in [0.29, 0.717) is 11.2 Å². The minimum absolute atomic E-state index is 0.0165. The maximum Gasteiger partial charge on any atom is 0.371 e. The highest BCUT2D eigenvalue weighted by Gasteiger charge is 2.11. The van der Waals surface area contributed by atoms with Gasteiger partial charge in [-0.1, -0.05) is 20.8 Å². The Labute approximate surface area is 93.9 Å². The van der Waals surface area contributed by atoms with Crippen molar-refractivity contribution in [3.8, 4) is 0 Å². The number of carbonyl (C=O) groups is 1. The van der Waals surface area contributed by atoms with Crippen LogP contribution in [0.3, 0.4) is 0 Å². The molecule has 3 nitrogen and oxygen atoms in total. The van der Waals surface area contributed by atoms with E-state index < -0.39 is 5.97 Å². The zero-order valence-corrected chi connectivity index (χ0v) is 10.0. The topological polar surface area (TPSA) is 50.4 Å². The molecule has 0 saturated heterocycles. The Morgan fingerprint density at radius 1 is 1.47 bits per heavy atom. The molecule has 0 amide bonds. The standard InChI is InChI=1S/C11H16O3S/c1-7(2)8(3)15-6-9-4-5-10(14-9)11(12)13/h4-5,7-8H,6H2,1-3H3,(H,12,13). The molecule has 0 bridgehead atoms. The summed E-state index contributed by atoms with van der Waals surface area (Å²) in [5, 5.41) is 9.21. The Balaban J connectivity index is 2.48. The second-order valence-corrected chi connectivity index (χ2v) is 5.20. The highest BCUT2D eigenvalue weighted by molar-refractivity contribution is 7.99. The van der Waals surface area contributed by atoms with Crippen LogP contribution < -0.4 is 0 Å². The molecule has 1 heterocycles. The summed E-state index contributed by atoms with van der Waals surface area (Å²) in [6, 6.07) is 3.22. The summed E-state index contributed by atoms with van der Waals surface area (Å²) in [4.78, 5) is 10.6. The average Bonchev–Trinajstić information content (AvgIpc) is 2.62. The zero-order chi connectivity index (χ0) is 11.4. The van der Waals surface area contributed by atoms with E-state index in [0.717, 1.165) is 11.5 Å². The number of aromatic carboxylic acids is 1. The van der Waals surface area contributed by atoms with E-state index in [2.05, 4.69) is 20.8 Å². The maximum absolute atomic E-state index is 10.6. The number of furan rings is 1. The van der Waals surface area contributed by atoms with Gasteiger partial charge in [0, 0.05) is 5.25 Å². The molecule has 1 aromatic rings. The quantitative estimate of drug-likeness (QED) is 0.840. The van der Waals surface area contributed by atoms with E-state index in [9.17, 15) is 4.79 Å². The van der Waals surface area contributed by atoms with Crippen LogP contribution >= 0.6 is 11.8 Å². The van der Waals surface area contributed by atoms with Gasteiger partial charge in [-0.25, -0.2) is 4.79 Å². The molecular weight excluding hydrogens is 212 g/mol. The first-order chi connectivity index (χ1) is 7.00. The number of rotatable bonds is 5. The molecule has 1 atom stereocenters. The van der Waals surface area contributed by atoms with Gasteiger partial charge in [-0.15, -0.1) is 0 Å². The van der Waals surface area contributed by atoms with Gasteiger partial charge in [0.1, 0.15) is 5.76 Å². The van der Waals surface area contributed by atoms with Gasteiger partial charge in [0.2, 0.25) is 5.76 Å². The van der Waals surface area contributed by atoms with Gasteiger partial charge < -0.3 is 9.52 Å². The van der Waals surface area contributed by atoms with Crippen LogP contribution in [0.5, 0.6) is 0 Å². The van der Waals surface area contributed by atoms with Crippen molar-refractivity contribution >= 4 is 17.7 Å². The summed E-state index contributed by atoms with van der Waals surface area (Å²) in [6.45, 7) is 6.50. The highest BCUT2D eigenvalue weighted by Crippen LogP contribution is 2.24. The fourth-order valence-electron chi connectivity index (χ4n) is 0.976. The Morgan fingerprint density at radius 3 is 2.60 bits per heavy atom. The molecule has 0 saturated carbocycles. The van der Waals surface area contributed by atoms with Crippen molar-refractivity contribution < 1.29 is 14.3 Å². The van der Waals surface area contributed by atoms with Crippen molar-refractivity contribution in [2.45, 2.75) is 31.8 Å². The minimum Gasteiger partial charge on any atom is -0.475 e. The van der Waals surface area contributed by atoms with E-state index >= 15 is 0 Å². The molecule has 0 spiro atoms. The molecular formula is C11H16O3S. The second kappa shape index (κ2) is 5.26. The van der Waals surface area contributed by atoms with Gasteiger partial charge in [-0.2, -0.15) is 11.8 Å². The molecule has 0 fully saturated rings. The second-order valence-electron chi connectivity index (χ2n) is 3.83. The Kier molecular flexibility index (Phi) is 4.27. The molecule has 1 rings (SSSR count). The minimum atomic E-state index is -1.01. The smallest absolute Gasteiger partial charge is 0.371 e. The number of thioether (sulfide) groups is 1. The lowest BCUT2D eigenvalue weighted by atomic mass is 10.2. The fourth-order valence-corrected chi connectivity index (χ4v) is 1.94. The van der Waals surface area contributed by atoms with Crippen LogP contribution in [0.4, 0.5) is 0 Å². The van der Waals surface area contributed by atoms with Gasteiger partial charge in [-0.05, 0) is 18.1 Å². The predicted molar refractivity (Wildman–Crippen MR) is 61.3 cm³/mol. The normalized spacial score (nSPS) is 13.1. The largest absolute Gasteiger partial charge is 0.475 e. The molecule has 0 aliphatic heterocycles. The molecule has 1 unspecified atom stereocenters. The summed E-state index contributed by atoms with van der Waals surface area (Å²) < 4.78 is 5.15. The van der Waals surface area contributed by atoms with Crippen molar-refractivity contribution in [2.75, 3.05) is 0 Å². The van der Waals surface area contributed by atoms with Crippen molar-refractivity contribution in [1.82, 2.24) is 0 Å². The lowest BCUT2D eigenvalue weighted by Gasteiger charge is -2.13. The van der Waals surface area contributed by atoms with Crippen molar-refractivity contribution in [3.05, 3.63) is 23.7 Å². The first-order valence-corrected chi connectivity index (χ1v) is 5.99. The molecule has 1 aromatic heterocycles. The number of carboxylic acids is 1. The van der Waals surface area contributed by atoms with Crippen molar-refractivity contribution in [1.29, 1.82) is 0 Å². The molecule has 15 heavy (non-hydrogen) atoms. The molecule has 84 valence electrons. The van der Waals surface area contributed by atoms with Crippen molar-refractivity contribution in [3.63, 3.8) is 0 Å². The third-order valence-electron chi connectivity index (χ3n) is 2.30. The van der Waals surface area contributed by atoms with Gasteiger partial charge >= 0.3 is 5.97 Å². The lowest BCUT2D eigenvalue weighted by Crippen LogP contribution is -2.05. The number of hydrogen-bond donors (Lipinski definition) is 1. The molecule has 0 radical (unpaired) electrons. The first kappa shape index (κ1) is 12.2. The van der Waals surface area contributed by atoms with E-state index in [4.69, 9.17) is 9.52 Å². The van der Waals surface area contributed by atoms with Crippen LogP contribution in [0.25, 0.3) is 0 Å². The first-order valence-electron chi connectivity index (χ1n) is 4.94. The van der Waals surface area contributed by atoms with Gasteiger partial charge in [0.15, 0.2) is 0 Å². The van der Waals surface area contributed by atoms with Gasteiger partial charge in [0.25, 0.3) is 0 Å². The van der Waals surface area contributed by atoms with Crippen LogP contribution in [-0.4, -0.2) is 16.3 Å². The monoisotopic (exact) mass is 228 g/mol. The van der Waals surface area contributed by atoms with Crippen molar-refractivity contribution in [2.24, 2.45) is 5.92 Å². The van der Waals surface area contributed by atoms with Gasteiger partial charge in [0.05, 0.1) is 5.75 Å². The van der Waals surface area contributed by atoms with E-state index in [1.807, 2.05) is 0 Å². The van der Waals surface area contributed by atoms with E-state index in [1.54, 1.807) is 17.8 Å². The lowest BCUT2D eigenvalue weighted by molar-refractivity contribution is 0.0661. The van der Waals surface area contributed by atoms with Crippen LogP contribution in [-0.2, 0) is 5.75 Å². The van der Waals surface area contributed by atoms with Crippen LogP contribution in [0, 0.1) is 5.92 Å². The molecule has 0 aliphatic carbocycles. The Hall–Kier alpha value is -0.900. The molecule has 4 heteroatoms. The highest BCUT2D eigenvalue weighted by atomic mass is 32.2. The average molecular weight is 228 g/mol. The van der Waals surface area contributed by atoms with Crippen LogP contribution in [0.2, 0.25) is 0 Å². The number of carboxylic acid groups (broad SMARTS) is 1. The maximum atomic E-state index is 10.6. The third-order valence-corrected chi connectivity index (χ3v) is 3.82.